The Morgan fingerprint density at radius 1 is 1.28 bits per heavy atom. The molecular formula is C14H21N3O. The van der Waals surface area contributed by atoms with Crippen LogP contribution in [0, 0.1) is 5.41 Å². The summed E-state index contributed by atoms with van der Waals surface area (Å²) in [6, 6.07) is 3.74. The summed E-state index contributed by atoms with van der Waals surface area (Å²) in [7, 11) is 2.20. The molecule has 18 heavy (non-hydrogen) atoms. The summed E-state index contributed by atoms with van der Waals surface area (Å²) >= 11 is 0. The van der Waals surface area contributed by atoms with Crippen LogP contribution in [0.15, 0.2) is 18.3 Å². The van der Waals surface area contributed by atoms with Crippen molar-refractivity contribution >= 4 is 5.91 Å². The number of carbonyl (C=O) groups is 1. The third-order valence-corrected chi connectivity index (χ3v) is 4.57. The maximum Gasteiger partial charge on any atom is 0.270 e. The molecule has 1 N–H and O–H groups in total. The van der Waals surface area contributed by atoms with Crippen molar-refractivity contribution in [2.45, 2.75) is 19.3 Å². The van der Waals surface area contributed by atoms with Gasteiger partial charge in [0, 0.05) is 25.8 Å². The van der Waals surface area contributed by atoms with E-state index in [1.165, 1.54) is 19.5 Å². The minimum atomic E-state index is 0.154. The van der Waals surface area contributed by atoms with Gasteiger partial charge in [0.15, 0.2) is 0 Å². The van der Waals surface area contributed by atoms with E-state index in [9.17, 15) is 4.79 Å². The number of carbonyl (C=O) groups excluding carboxylic acids is 1. The van der Waals surface area contributed by atoms with Gasteiger partial charge in [0.1, 0.15) is 5.69 Å². The van der Waals surface area contributed by atoms with E-state index in [1.807, 2.05) is 23.2 Å². The molecule has 1 amide bonds. The van der Waals surface area contributed by atoms with E-state index < -0.39 is 0 Å². The maximum absolute atomic E-state index is 12.2. The summed E-state index contributed by atoms with van der Waals surface area (Å²) in [5.74, 6) is 0.154. The Labute approximate surface area is 108 Å². The van der Waals surface area contributed by atoms with Gasteiger partial charge in [-0.25, -0.2) is 0 Å². The summed E-state index contributed by atoms with van der Waals surface area (Å²) in [4.78, 5) is 19.6. The van der Waals surface area contributed by atoms with Gasteiger partial charge in [-0.3, -0.25) is 4.79 Å². The van der Waals surface area contributed by atoms with E-state index in [0.29, 0.717) is 5.41 Å². The largest absolute Gasteiger partial charge is 0.357 e. The summed E-state index contributed by atoms with van der Waals surface area (Å²) < 4.78 is 0. The quantitative estimate of drug-likeness (QED) is 0.818. The van der Waals surface area contributed by atoms with Crippen molar-refractivity contribution in [1.82, 2.24) is 14.8 Å². The van der Waals surface area contributed by atoms with E-state index in [0.717, 1.165) is 31.6 Å². The first-order valence-corrected chi connectivity index (χ1v) is 6.80. The van der Waals surface area contributed by atoms with E-state index in [-0.39, 0.29) is 5.91 Å². The molecule has 2 aliphatic heterocycles. The predicted molar refractivity (Wildman–Crippen MR) is 70.5 cm³/mol. The number of aromatic nitrogens is 1. The van der Waals surface area contributed by atoms with E-state index >= 15 is 0 Å². The molecule has 0 aliphatic carbocycles. The Balaban J connectivity index is 1.62. The van der Waals surface area contributed by atoms with Gasteiger partial charge >= 0.3 is 0 Å². The zero-order valence-electron chi connectivity index (χ0n) is 11.0. The molecular weight excluding hydrogens is 226 g/mol. The highest BCUT2D eigenvalue weighted by Gasteiger charge is 2.40. The summed E-state index contributed by atoms with van der Waals surface area (Å²) in [6.45, 7) is 4.24. The molecule has 0 saturated carbocycles. The molecule has 0 atom stereocenters. The van der Waals surface area contributed by atoms with Gasteiger partial charge in [0.25, 0.3) is 5.91 Å². The molecule has 0 unspecified atom stereocenters. The van der Waals surface area contributed by atoms with Crippen LogP contribution in [0.1, 0.15) is 29.8 Å². The van der Waals surface area contributed by atoms with Crippen LogP contribution in [0.5, 0.6) is 0 Å². The monoisotopic (exact) mass is 247 g/mol. The highest BCUT2D eigenvalue weighted by Crippen LogP contribution is 2.39. The van der Waals surface area contributed by atoms with Crippen LogP contribution >= 0.6 is 0 Å². The Morgan fingerprint density at radius 3 is 2.56 bits per heavy atom. The van der Waals surface area contributed by atoms with Gasteiger partial charge in [0.2, 0.25) is 0 Å². The van der Waals surface area contributed by atoms with Crippen LogP contribution in [0.3, 0.4) is 0 Å². The first-order valence-electron chi connectivity index (χ1n) is 6.80. The van der Waals surface area contributed by atoms with Crippen molar-refractivity contribution in [3.05, 3.63) is 24.0 Å². The maximum atomic E-state index is 12.2. The highest BCUT2D eigenvalue weighted by molar-refractivity contribution is 5.92. The number of rotatable bonds is 1. The normalized spacial score (nSPS) is 23.7. The smallest absolute Gasteiger partial charge is 0.270 e. The van der Waals surface area contributed by atoms with Crippen LogP contribution in [-0.4, -0.2) is 53.9 Å². The summed E-state index contributed by atoms with van der Waals surface area (Å²) in [5, 5.41) is 0. The van der Waals surface area contributed by atoms with Gasteiger partial charge in [-0.1, -0.05) is 0 Å². The zero-order chi connectivity index (χ0) is 12.6. The van der Waals surface area contributed by atoms with Gasteiger partial charge in [-0.05, 0) is 50.4 Å². The minimum Gasteiger partial charge on any atom is -0.357 e. The van der Waals surface area contributed by atoms with Crippen molar-refractivity contribution < 1.29 is 4.79 Å². The SMILES string of the molecule is CN1CCC2(CCN(C(=O)c3ccc[nH]3)CC2)C1. The number of nitrogens with zero attached hydrogens (tertiary/aromatic N) is 2. The van der Waals surface area contributed by atoms with Gasteiger partial charge in [-0.2, -0.15) is 0 Å². The molecule has 3 rings (SSSR count). The number of H-pyrrole nitrogens is 1. The molecule has 98 valence electrons. The summed E-state index contributed by atoms with van der Waals surface area (Å²) in [6.07, 6.45) is 5.42. The lowest BCUT2D eigenvalue weighted by molar-refractivity contribution is 0.0589. The molecule has 4 heteroatoms. The topological polar surface area (TPSA) is 39.3 Å². The number of piperidine rings is 1. The Kier molecular flexibility index (Phi) is 2.90. The molecule has 2 aliphatic rings. The molecule has 3 heterocycles. The minimum absolute atomic E-state index is 0.154. The number of amides is 1. The highest BCUT2D eigenvalue weighted by atomic mass is 16.2. The molecule has 1 spiro atoms. The van der Waals surface area contributed by atoms with Crippen LogP contribution in [-0.2, 0) is 0 Å². The van der Waals surface area contributed by atoms with E-state index in [4.69, 9.17) is 0 Å². The zero-order valence-corrected chi connectivity index (χ0v) is 11.0. The number of hydrogen-bond acceptors (Lipinski definition) is 2. The van der Waals surface area contributed by atoms with Crippen LogP contribution in [0.4, 0.5) is 0 Å². The van der Waals surface area contributed by atoms with Crippen LogP contribution in [0.25, 0.3) is 0 Å². The van der Waals surface area contributed by atoms with Crippen molar-refractivity contribution in [2.75, 3.05) is 33.2 Å². The molecule has 1 aromatic heterocycles. The van der Waals surface area contributed by atoms with Crippen molar-refractivity contribution in [2.24, 2.45) is 5.41 Å². The molecule has 1 aromatic rings. The Hall–Kier alpha value is -1.29. The molecule has 2 saturated heterocycles. The third-order valence-electron chi connectivity index (χ3n) is 4.57. The first kappa shape index (κ1) is 11.8. The molecule has 0 bridgehead atoms. The third kappa shape index (κ3) is 2.05. The number of aromatic amines is 1. The van der Waals surface area contributed by atoms with Gasteiger partial charge in [-0.15, -0.1) is 0 Å². The summed E-state index contributed by atoms with van der Waals surface area (Å²) in [5.41, 5.74) is 1.20. The fraction of sp³-hybridized carbons (Fsp3) is 0.643. The van der Waals surface area contributed by atoms with Crippen LogP contribution < -0.4 is 0 Å². The van der Waals surface area contributed by atoms with E-state index in [1.54, 1.807) is 0 Å². The second-order valence-electron chi connectivity index (χ2n) is 5.86. The fourth-order valence-electron chi connectivity index (χ4n) is 3.38. The Bertz CT molecular complexity index is 418. The van der Waals surface area contributed by atoms with Gasteiger partial charge in [0.05, 0.1) is 0 Å². The molecule has 4 nitrogen and oxygen atoms in total. The molecule has 2 fully saturated rings. The number of nitrogens with one attached hydrogen (secondary N) is 1. The fourth-order valence-corrected chi connectivity index (χ4v) is 3.38. The predicted octanol–water partition coefficient (Wildman–Crippen LogP) is 1.57. The van der Waals surface area contributed by atoms with Gasteiger partial charge < -0.3 is 14.8 Å². The lowest BCUT2D eigenvalue weighted by atomic mass is 9.78. The average molecular weight is 247 g/mol. The molecule has 0 radical (unpaired) electrons. The second-order valence-corrected chi connectivity index (χ2v) is 5.86. The molecule has 0 aromatic carbocycles. The Morgan fingerprint density at radius 2 is 2.00 bits per heavy atom. The standard InChI is InChI=1S/C14H21N3O/c1-16-8-4-14(11-16)5-9-17(10-6-14)13(18)12-3-2-7-15-12/h2-3,7,15H,4-6,8-11H2,1H3. The lowest BCUT2D eigenvalue weighted by Gasteiger charge is -2.39. The number of likely N-dealkylation sites (tertiary alicyclic amines) is 2. The van der Waals surface area contributed by atoms with Crippen LogP contribution in [0.2, 0.25) is 0 Å². The second kappa shape index (κ2) is 4.43. The van der Waals surface area contributed by atoms with Crippen molar-refractivity contribution in [3.63, 3.8) is 0 Å². The van der Waals surface area contributed by atoms with Crippen molar-refractivity contribution in [3.8, 4) is 0 Å². The first-order chi connectivity index (χ1) is 8.69. The van der Waals surface area contributed by atoms with Crippen molar-refractivity contribution in [1.29, 1.82) is 0 Å². The number of hydrogen-bond donors (Lipinski definition) is 1. The van der Waals surface area contributed by atoms with E-state index in [2.05, 4.69) is 16.9 Å². The average Bonchev–Trinajstić information content (AvgIpc) is 3.00. The lowest BCUT2D eigenvalue weighted by Crippen LogP contribution is -2.44.